The number of likely N-dealkylation sites (tertiary alicyclic amines) is 1. The fourth-order valence-corrected chi connectivity index (χ4v) is 4.52. The van der Waals surface area contributed by atoms with Crippen molar-refractivity contribution in [3.8, 4) is 0 Å². The van der Waals surface area contributed by atoms with Crippen molar-refractivity contribution in [2.75, 3.05) is 30.7 Å². The van der Waals surface area contributed by atoms with Gasteiger partial charge in [0, 0.05) is 17.5 Å². The Bertz CT molecular complexity index is 694. The number of carbonyl (C=O) groups is 1. The van der Waals surface area contributed by atoms with Gasteiger partial charge in [-0.25, -0.2) is 0 Å². The van der Waals surface area contributed by atoms with E-state index in [2.05, 4.69) is 52.7 Å². The zero-order valence-corrected chi connectivity index (χ0v) is 17.0. The Morgan fingerprint density at radius 3 is 2.44 bits per heavy atom. The van der Waals surface area contributed by atoms with E-state index in [9.17, 15) is 4.79 Å². The topological polar surface area (TPSA) is 32.3 Å². The lowest BCUT2D eigenvalue weighted by atomic mass is 9.90. The molecule has 3 rings (SSSR count). The first-order chi connectivity index (χ1) is 13.2. The molecule has 0 saturated carbocycles. The molecule has 2 aromatic rings. The average Bonchev–Trinajstić information content (AvgIpc) is 2.68. The molecule has 0 aromatic heterocycles. The number of piperidine rings is 1. The summed E-state index contributed by atoms with van der Waals surface area (Å²) in [6.45, 7) is 5.23. The lowest BCUT2D eigenvalue weighted by Gasteiger charge is -2.32. The molecule has 1 aliphatic rings. The van der Waals surface area contributed by atoms with E-state index < -0.39 is 0 Å². The number of hydrogen-bond donors (Lipinski definition) is 1. The second-order valence-corrected chi connectivity index (χ2v) is 8.55. The van der Waals surface area contributed by atoms with Crippen molar-refractivity contribution < 1.29 is 4.79 Å². The average molecular weight is 383 g/mol. The standard InChI is InChI=1S/C23H30N2OS/c1-19(26)24-22-8-10-23(11-9-22)27-17-5-14-25-15-12-21(13-16-25)18-20-6-3-2-4-7-20/h2-4,6-11,21H,5,12-18H2,1H3,(H,24,26). The molecule has 1 saturated heterocycles. The summed E-state index contributed by atoms with van der Waals surface area (Å²) in [6, 6.07) is 19.0. The molecule has 0 aliphatic carbocycles. The quantitative estimate of drug-likeness (QED) is 0.510. The van der Waals surface area contributed by atoms with Crippen molar-refractivity contribution >= 4 is 23.4 Å². The van der Waals surface area contributed by atoms with E-state index in [4.69, 9.17) is 0 Å². The van der Waals surface area contributed by atoms with Crippen LogP contribution in [0.3, 0.4) is 0 Å². The van der Waals surface area contributed by atoms with E-state index in [1.165, 1.54) is 62.7 Å². The van der Waals surface area contributed by atoms with Crippen molar-refractivity contribution in [2.24, 2.45) is 5.92 Å². The molecular weight excluding hydrogens is 352 g/mol. The Morgan fingerprint density at radius 2 is 1.78 bits per heavy atom. The van der Waals surface area contributed by atoms with Gasteiger partial charge in [-0.15, -0.1) is 11.8 Å². The smallest absolute Gasteiger partial charge is 0.221 e. The summed E-state index contributed by atoms with van der Waals surface area (Å²) in [4.78, 5) is 14.9. The molecule has 3 nitrogen and oxygen atoms in total. The van der Waals surface area contributed by atoms with Crippen LogP contribution in [0, 0.1) is 5.92 Å². The first-order valence-corrected chi connectivity index (χ1v) is 10.9. The van der Waals surface area contributed by atoms with E-state index in [0.29, 0.717) is 0 Å². The fourth-order valence-electron chi connectivity index (χ4n) is 3.68. The Balaban J connectivity index is 1.29. The van der Waals surface area contributed by atoms with Crippen molar-refractivity contribution in [3.63, 3.8) is 0 Å². The first kappa shape index (κ1) is 20.0. The van der Waals surface area contributed by atoms with E-state index in [1.54, 1.807) is 0 Å². The predicted molar refractivity (Wildman–Crippen MR) is 115 cm³/mol. The van der Waals surface area contributed by atoms with Gasteiger partial charge in [0.15, 0.2) is 0 Å². The minimum atomic E-state index is -0.0251. The van der Waals surface area contributed by atoms with Gasteiger partial charge in [-0.3, -0.25) is 4.79 Å². The second kappa shape index (κ2) is 10.5. The number of nitrogens with one attached hydrogen (secondary N) is 1. The molecule has 27 heavy (non-hydrogen) atoms. The molecule has 2 aromatic carbocycles. The van der Waals surface area contributed by atoms with Crippen LogP contribution < -0.4 is 5.32 Å². The zero-order valence-electron chi connectivity index (χ0n) is 16.2. The zero-order chi connectivity index (χ0) is 18.9. The molecule has 1 fully saturated rings. The van der Waals surface area contributed by atoms with Crippen LogP contribution in [-0.4, -0.2) is 36.2 Å². The summed E-state index contributed by atoms with van der Waals surface area (Å²) < 4.78 is 0. The molecule has 1 N–H and O–H groups in total. The highest BCUT2D eigenvalue weighted by Gasteiger charge is 2.18. The van der Waals surface area contributed by atoms with Gasteiger partial charge in [0.1, 0.15) is 0 Å². The molecule has 1 aliphatic heterocycles. The van der Waals surface area contributed by atoms with Crippen molar-refractivity contribution in [3.05, 3.63) is 60.2 Å². The van der Waals surface area contributed by atoms with Gasteiger partial charge in [-0.2, -0.15) is 0 Å². The molecular formula is C23H30N2OS. The minimum absolute atomic E-state index is 0.0251. The molecule has 1 amide bonds. The highest BCUT2D eigenvalue weighted by molar-refractivity contribution is 7.99. The Hall–Kier alpha value is -1.78. The van der Waals surface area contributed by atoms with Crippen molar-refractivity contribution in [2.45, 2.75) is 37.5 Å². The molecule has 144 valence electrons. The normalized spacial score (nSPS) is 15.6. The maximum atomic E-state index is 11.1. The Morgan fingerprint density at radius 1 is 1.07 bits per heavy atom. The van der Waals surface area contributed by atoms with Crippen molar-refractivity contribution in [1.29, 1.82) is 0 Å². The maximum Gasteiger partial charge on any atom is 0.221 e. The predicted octanol–water partition coefficient (Wildman–Crippen LogP) is 5.08. The number of rotatable bonds is 8. The van der Waals surface area contributed by atoms with Gasteiger partial charge < -0.3 is 10.2 Å². The summed E-state index contributed by atoms with van der Waals surface area (Å²) in [6.07, 6.45) is 5.11. The van der Waals surface area contributed by atoms with E-state index in [-0.39, 0.29) is 5.91 Å². The van der Waals surface area contributed by atoms with Crippen LogP contribution in [0.25, 0.3) is 0 Å². The van der Waals surface area contributed by atoms with Crippen LogP contribution in [0.2, 0.25) is 0 Å². The monoisotopic (exact) mass is 382 g/mol. The SMILES string of the molecule is CC(=O)Nc1ccc(SCCCN2CCC(Cc3ccccc3)CC2)cc1. The van der Waals surface area contributed by atoms with Crippen LogP contribution in [0.5, 0.6) is 0 Å². The summed E-state index contributed by atoms with van der Waals surface area (Å²) >= 11 is 1.90. The minimum Gasteiger partial charge on any atom is -0.326 e. The van der Waals surface area contributed by atoms with Crippen LogP contribution in [0.1, 0.15) is 31.7 Å². The van der Waals surface area contributed by atoms with Gasteiger partial charge in [-0.1, -0.05) is 30.3 Å². The molecule has 0 radical (unpaired) electrons. The number of carbonyl (C=O) groups excluding carboxylic acids is 1. The van der Waals surface area contributed by atoms with Crippen LogP contribution in [0.15, 0.2) is 59.5 Å². The molecule has 0 atom stereocenters. The first-order valence-electron chi connectivity index (χ1n) is 9.96. The summed E-state index contributed by atoms with van der Waals surface area (Å²) in [5.41, 5.74) is 2.35. The third-order valence-corrected chi connectivity index (χ3v) is 6.23. The van der Waals surface area contributed by atoms with E-state index in [0.717, 1.165) is 17.4 Å². The third kappa shape index (κ3) is 7.04. The molecule has 1 heterocycles. The molecule has 0 bridgehead atoms. The number of benzene rings is 2. The van der Waals surface area contributed by atoms with Gasteiger partial charge in [0.2, 0.25) is 5.91 Å². The Labute approximate surface area is 167 Å². The number of amides is 1. The number of hydrogen-bond acceptors (Lipinski definition) is 3. The highest BCUT2D eigenvalue weighted by atomic mass is 32.2. The lowest BCUT2D eigenvalue weighted by Crippen LogP contribution is -2.35. The number of nitrogens with zero attached hydrogens (tertiary/aromatic N) is 1. The largest absolute Gasteiger partial charge is 0.326 e. The molecule has 4 heteroatoms. The molecule has 0 spiro atoms. The number of thioether (sulfide) groups is 1. The maximum absolute atomic E-state index is 11.1. The second-order valence-electron chi connectivity index (χ2n) is 7.38. The van der Waals surface area contributed by atoms with Crippen LogP contribution in [0.4, 0.5) is 5.69 Å². The summed E-state index contributed by atoms with van der Waals surface area (Å²) in [5.74, 6) is 1.96. The fraction of sp³-hybridized carbons (Fsp3) is 0.435. The summed E-state index contributed by atoms with van der Waals surface area (Å²) in [7, 11) is 0. The lowest BCUT2D eigenvalue weighted by molar-refractivity contribution is -0.114. The van der Waals surface area contributed by atoms with E-state index in [1.807, 2.05) is 23.9 Å². The van der Waals surface area contributed by atoms with E-state index >= 15 is 0 Å². The highest BCUT2D eigenvalue weighted by Crippen LogP contribution is 2.23. The van der Waals surface area contributed by atoms with Crippen LogP contribution in [-0.2, 0) is 11.2 Å². The van der Waals surface area contributed by atoms with Crippen LogP contribution >= 0.6 is 11.8 Å². The Kier molecular flexibility index (Phi) is 7.79. The van der Waals surface area contributed by atoms with Gasteiger partial charge in [-0.05, 0) is 86.8 Å². The third-order valence-electron chi connectivity index (χ3n) is 5.14. The van der Waals surface area contributed by atoms with Gasteiger partial charge in [0.25, 0.3) is 0 Å². The van der Waals surface area contributed by atoms with Gasteiger partial charge >= 0.3 is 0 Å². The summed E-state index contributed by atoms with van der Waals surface area (Å²) in [5, 5.41) is 2.81. The number of anilines is 1. The van der Waals surface area contributed by atoms with Crippen molar-refractivity contribution in [1.82, 2.24) is 4.90 Å². The van der Waals surface area contributed by atoms with Gasteiger partial charge in [0.05, 0.1) is 0 Å². The molecule has 0 unspecified atom stereocenters.